The fourth-order valence-electron chi connectivity index (χ4n) is 10.0. The van der Waals surface area contributed by atoms with Gasteiger partial charge in [-0.1, -0.05) is 24.3 Å². The quantitative estimate of drug-likeness (QED) is 0.125. The van der Waals surface area contributed by atoms with Crippen molar-refractivity contribution in [3.8, 4) is 34.4 Å². The number of nitrogens with zero attached hydrogens (tertiary/aromatic N) is 6. The Hall–Kier alpha value is -7.08. The Morgan fingerprint density at radius 3 is 1.36 bits per heavy atom. The van der Waals surface area contributed by atoms with Gasteiger partial charge in [-0.25, -0.2) is 9.97 Å². The smallest absolute Gasteiger partial charge is 0.250 e. The van der Waals surface area contributed by atoms with Crippen LogP contribution in [0.4, 0.5) is 0 Å². The average molecular weight is 887 g/mol. The molecule has 2 aliphatic carbocycles. The summed E-state index contributed by atoms with van der Waals surface area (Å²) in [6.45, 7) is 5.50. The van der Waals surface area contributed by atoms with Crippen molar-refractivity contribution in [1.82, 2.24) is 28.9 Å². The van der Waals surface area contributed by atoms with Crippen molar-refractivity contribution in [1.29, 1.82) is 0 Å². The Balaban J connectivity index is 0.000000166. The van der Waals surface area contributed by atoms with Crippen LogP contribution in [0.25, 0.3) is 23.5 Å². The molecule has 0 bridgehead atoms. The number of hydrogen-bond acceptors (Lipinski definition) is 8. The van der Waals surface area contributed by atoms with Gasteiger partial charge in [0.15, 0.2) is 0 Å². The molecule has 0 unspecified atom stereocenters. The van der Waals surface area contributed by atoms with E-state index >= 15 is 0 Å². The minimum absolute atomic E-state index is 0.118. The number of carbonyl (C=O) groups is 2. The Bertz CT molecular complexity index is 2650. The van der Waals surface area contributed by atoms with Crippen LogP contribution in [-0.2, 0) is 22.4 Å². The van der Waals surface area contributed by atoms with Crippen molar-refractivity contribution in [3.63, 3.8) is 0 Å². The Kier molecular flexibility index (Phi) is 12.8. The summed E-state index contributed by atoms with van der Waals surface area (Å²) >= 11 is 0. The highest BCUT2D eigenvalue weighted by molar-refractivity contribution is 5.99. The van der Waals surface area contributed by atoms with Gasteiger partial charge in [-0.05, 0) is 159 Å². The maximum atomic E-state index is 13.5. The summed E-state index contributed by atoms with van der Waals surface area (Å²) in [5, 5.41) is 0. The highest BCUT2D eigenvalue weighted by Crippen LogP contribution is 2.42. The van der Waals surface area contributed by atoms with Gasteiger partial charge in [-0.15, -0.1) is 0 Å². The number of piperidine rings is 2. The molecule has 12 nitrogen and oxygen atoms in total. The van der Waals surface area contributed by atoms with Crippen molar-refractivity contribution in [3.05, 3.63) is 154 Å². The number of imidazole rings is 2. The van der Waals surface area contributed by atoms with Crippen LogP contribution in [0.1, 0.15) is 95.4 Å². The first kappa shape index (κ1) is 44.1. The molecular formula is C54H58N6O6. The average Bonchev–Trinajstić information content (AvgIpc) is 4.17. The highest BCUT2D eigenvalue weighted by Gasteiger charge is 2.36. The molecule has 6 aromatic rings. The molecule has 2 aromatic heterocycles. The second-order valence-electron chi connectivity index (χ2n) is 17.5. The van der Waals surface area contributed by atoms with Crippen molar-refractivity contribution in [2.45, 2.75) is 77.3 Å². The second kappa shape index (κ2) is 19.2. The van der Waals surface area contributed by atoms with Gasteiger partial charge < -0.3 is 37.9 Å². The van der Waals surface area contributed by atoms with Gasteiger partial charge in [0.1, 0.15) is 23.0 Å². The lowest BCUT2D eigenvalue weighted by Crippen LogP contribution is -2.39. The zero-order valence-electron chi connectivity index (χ0n) is 38.8. The van der Waals surface area contributed by atoms with E-state index in [-0.39, 0.29) is 23.9 Å². The topological polar surface area (TPSA) is 113 Å². The summed E-state index contributed by atoms with van der Waals surface area (Å²) in [6, 6.07) is 24.8. The minimum Gasteiger partial charge on any atom is -0.497 e. The van der Waals surface area contributed by atoms with Crippen molar-refractivity contribution in [2.75, 3.05) is 41.5 Å². The molecule has 4 heterocycles. The van der Waals surface area contributed by atoms with Gasteiger partial charge in [-0.3, -0.25) is 9.59 Å². The summed E-state index contributed by atoms with van der Waals surface area (Å²) in [7, 11) is 6.70. The van der Waals surface area contributed by atoms with E-state index in [1.807, 2.05) is 96.1 Å². The number of likely N-dealkylation sites (tertiary alicyclic amines) is 2. The summed E-state index contributed by atoms with van der Waals surface area (Å²) in [5.41, 5.74) is 12.5. The molecule has 340 valence electrons. The third-order valence-corrected chi connectivity index (χ3v) is 13.4. The lowest BCUT2D eigenvalue weighted by atomic mass is 9.97. The molecule has 2 amide bonds. The summed E-state index contributed by atoms with van der Waals surface area (Å²) < 4.78 is 26.1. The van der Waals surface area contributed by atoms with E-state index in [2.05, 4.69) is 44.0 Å². The van der Waals surface area contributed by atoms with E-state index in [1.165, 1.54) is 22.3 Å². The third kappa shape index (κ3) is 8.96. The van der Waals surface area contributed by atoms with Crippen molar-refractivity contribution < 1.29 is 28.5 Å². The molecule has 12 heteroatoms. The maximum Gasteiger partial charge on any atom is 0.250 e. The van der Waals surface area contributed by atoms with E-state index in [0.717, 1.165) is 132 Å². The predicted molar refractivity (Wildman–Crippen MR) is 256 cm³/mol. The molecule has 4 aromatic carbocycles. The van der Waals surface area contributed by atoms with Crippen LogP contribution in [0.2, 0.25) is 0 Å². The number of methoxy groups -OCH3 is 4. The van der Waals surface area contributed by atoms with Gasteiger partial charge in [0.2, 0.25) is 11.8 Å². The van der Waals surface area contributed by atoms with Crippen molar-refractivity contribution >= 4 is 24.0 Å². The number of aromatic nitrogens is 4. The van der Waals surface area contributed by atoms with Crippen LogP contribution in [0, 0.1) is 13.8 Å². The molecule has 2 atom stereocenters. The zero-order chi connectivity index (χ0) is 45.9. The molecule has 0 saturated carbocycles. The highest BCUT2D eigenvalue weighted by atomic mass is 16.5. The molecule has 66 heavy (non-hydrogen) atoms. The van der Waals surface area contributed by atoms with Gasteiger partial charge in [0.05, 0.1) is 75.9 Å². The molecular weight excluding hydrogens is 829 g/mol. The standard InChI is InChI=1S/2C27H29N3O3/c2*1-18-16-29(17-28-18)25-10-6-19(14-26(25)33-3)13-21-5-4-12-30(27(21)31)24-11-8-20-7-9-22(32-2)15-23(20)24/h2*6-7,9-10,13-17,24H,4-5,8,11-12H2,1-3H3/b2*21-13+/t2*24-/m10/s1. The second-order valence-corrected chi connectivity index (χ2v) is 17.5. The monoisotopic (exact) mass is 886 g/mol. The SMILES string of the molecule is COc1ccc2c(c1)[C@@H](N1CCC/C(=C\c3ccc(-n4cnc(C)c4)c(OC)c3)C1=O)CC2.COc1ccc2c(c1)[C@H](N1CCC/C(=C\c3ccc(-n4cnc(C)c4)c(OC)c3)C1=O)CC2. The lowest BCUT2D eigenvalue weighted by molar-refractivity contribution is -0.131. The number of benzene rings is 4. The Morgan fingerprint density at radius 2 is 0.985 bits per heavy atom. The van der Waals surface area contributed by atoms with E-state index < -0.39 is 0 Å². The first-order valence-electron chi connectivity index (χ1n) is 22.9. The van der Waals surface area contributed by atoms with Gasteiger partial charge in [0, 0.05) is 36.6 Å². The summed E-state index contributed by atoms with van der Waals surface area (Å²) in [4.78, 5) is 39.7. The van der Waals surface area contributed by atoms with Gasteiger partial charge in [-0.2, -0.15) is 0 Å². The predicted octanol–water partition coefficient (Wildman–Crippen LogP) is 9.78. The molecule has 10 rings (SSSR count). The summed E-state index contributed by atoms with van der Waals surface area (Å²) in [6.07, 6.45) is 19.0. The minimum atomic E-state index is 0.118. The van der Waals surface area contributed by atoms with E-state index in [0.29, 0.717) is 0 Å². The van der Waals surface area contributed by atoms with E-state index in [9.17, 15) is 9.59 Å². The molecule has 2 saturated heterocycles. The molecule has 2 aliphatic heterocycles. The van der Waals surface area contributed by atoms with E-state index in [1.54, 1.807) is 41.1 Å². The first-order valence-corrected chi connectivity index (χ1v) is 22.9. The van der Waals surface area contributed by atoms with Crippen LogP contribution in [0.5, 0.6) is 23.0 Å². The first-order chi connectivity index (χ1) is 32.1. The number of amides is 2. The maximum absolute atomic E-state index is 13.5. The van der Waals surface area contributed by atoms with Crippen LogP contribution in [0.3, 0.4) is 0 Å². The number of ether oxygens (including phenoxy) is 4. The third-order valence-electron chi connectivity index (χ3n) is 13.4. The largest absolute Gasteiger partial charge is 0.497 e. The fourth-order valence-corrected chi connectivity index (χ4v) is 10.0. The molecule has 2 fully saturated rings. The van der Waals surface area contributed by atoms with Gasteiger partial charge >= 0.3 is 0 Å². The molecule has 4 aliphatic rings. The number of fused-ring (bicyclic) bond motifs is 2. The number of aryl methyl sites for hydroxylation is 4. The Labute approximate surface area is 387 Å². The number of rotatable bonds is 10. The van der Waals surface area contributed by atoms with Crippen LogP contribution < -0.4 is 18.9 Å². The molecule has 0 spiro atoms. The lowest BCUT2D eigenvalue weighted by Gasteiger charge is -2.34. The van der Waals surface area contributed by atoms with Crippen molar-refractivity contribution in [2.24, 2.45) is 0 Å². The zero-order valence-corrected chi connectivity index (χ0v) is 38.8. The number of hydrogen-bond donors (Lipinski definition) is 0. The molecule has 0 radical (unpaired) electrons. The summed E-state index contributed by atoms with van der Waals surface area (Å²) in [5.74, 6) is 3.46. The van der Waals surface area contributed by atoms with E-state index in [4.69, 9.17) is 18.9 Å². The van der Waals surface area contributed by atoms with Gasteiger partial charge in [0.25, 0.3) is 0 Å². The number of carbonyl (C=O) groups excluding carboxylic acids is 2. The fraction of sp³-hybridized carbons (Fsp3) is 0.333. The molecule has 0 N–H and O–H groups in total. The normalized spacial score (nSPS) is 19.1. The van der Waals surface area contributed by atoms with Crippen LogP contribution in [-0.4, -0.2) is 82.2 Å². The van der Waals surface area contributed by atoms with Crippen LogP contribution in [0.15, 0.2) is 109 Å². The van der Waals surface area contributed by atoms with Crippen LogP contribution >= 0.6 is 0 Å². The Morgan fingerprint density at radius 1 is 0.545 bits per heavy atom.